The molecule has 3 aromatic rings. The van der Waals surface area contributed by atoms with Crippen molar-refractivity contribution in [1.29, 1.82) is 0 Å². The second-order valence-electron chi connectivity index (χ2n) is 7.39. The standard InChI is InChI=1S/C23H26N2O6S/c1-14-6-7-17(23-15(2)16(3)25-31-23)12-21(14)32(27,28)11-10-22(26)24-19-9-8-18(29-4)13-20(19)30-5/h6-9,12-13H,10-11H2,1-5H3,(H,24,26). The summed E-state index contributed by atoms with van der Waals surface area (Å²) in [5.41, 5.74) is 3.25. The van der Waals surface area contributed by atoms with Crippen LogP contribution in [0.4, 0.5) is 5.69 Å². The van der Waals surface area contributed by atoms with Gasteiger partial charge >= 0.3 is 0 Å². The molecule has 1 amide bonds. The number of rotatable bonds is 8. The van der Waals surface area contributed by atoms with Crippen molar-refractivity contribution in [1.82, 2.24) is 5.16 Å². The fourth-order valence-electron chi connectivity index (χ4n) is 3.21. The summed E-state index contributed by atoms with van der Waals surface area (Å²) in [5, 5.41) is 6.63. The van der Waals surface area contributed by atoms with Crippen molar-refractivity contribution in [2.75, 3.05) is 25.3 Å². The van der Waals surface area contributed by atoms with Crippen molar-refractivity contribution < 1.29 is 27.2 Å². The molecule has 1 aromatic heterocycles. The molecule has 0 aliphatic heterocycles. The lowest BCUT2D eigenvalue weighted by atomic mass is 10.1. The third-order valence-corrected chi connectivity index (χ3v) is 7.07. The zero-order chi connectivity index (χ0) is 23.5. The molecule has 170 valence electrons. The number of carbonyl (C=O) groups excluding carboxylic acids is 1. The number of hydrogen-bond acceptors (Lipinski definition) is 7. The van der Waals surface area contributed by atoms with Crippen molar-refractivity contribution in [2.24, 2.45) is 0 Å². The van der Waals surface area contributed by atoms with E-state index in [-0.39, 0.29) is 17.1 Å². The maximum Gasteiger partial charge on any atom is 0.225 e. The van der Waals surface area contributed by atoms with Crippen LogP contribution in [-0.4, -0.2) is 39.5 Å². The molecule has 9 heteroatoms. The molecule has 0 saturated carbocycles. The average Bonchev–Trinajstić information content (AvgIpc) is 3.11. The summed E-state index contributed by atoms with van der Waals surface area (Å²) in [7, 11) is -0.713. The largest absolute Gasteiger partial charge is 0.497 e. The number of ether oxygens (including phenoxy) is 2. The fraction of sp³-hybridized carbons (Fsp3) is 0.304. The normalized spacial score (nSPS) is 11.3. The lowest BCUT2D eigenvalue weighted by Gasteiger charge is -2.12. The van der Waals surface area contributed by atoms with Gasteiger partial charge in [0.15, 0.2) is 15.6 Å². The van der Waals surface area contributed by atoms with Crippen LogP contribution < -0.4 is 14.8 Å². The Bertz CT molecular complexity index is 1250. The number of amides is 1. The van der Waals surface area contributed by atoms with Crippen LogP contribution >= 0.6 is 0 Å². The van der Waals surface area contributed by atoms with E-state index >= 15 is 0 Å². The minimum absolute atomic E-state index is 0.165. The van der Waals surface area contributed by atoms with E-state index in [4.69, 9.17) is 14.0 Å². The van der Waals surface area contributed by atoms with Crippen LogP contribution in [0.2, 0.25) is 0 Å². The number of carbonyl (C=O) groups is 1. The van der Waals surface area contributed by atoms with E-state index in [0.717, 1.165) is 11.3 Å². The molecule has 0 spiro atoms. The van der Waals surface area contributed by atoms with Gasteiger partial charge in [0.05, 0.1) is 36.2 Å². The van der Waals surface area contributed by atoms with Crippen LogP contribution in [0.15, 0.2) is 45.8 Å². The van der Waals surface area contributed by atoms with Gasteiger partial charge < -0.3 is 19.3 Å². The summed E-state index contributed by atoms with van der Waals surface area (Å²) in [4.78, 5) is 12.6. The number of nitrogens with one attached hydrogen (secondary N) is 1. The minimum Gasteiger partial charge on any atom is -0.497 e. The van der Waals surface area contributed by atoms with Gasteiger partial charge in [0, 0.05) is 23.6 Å². The Morgan fingerprint density at radius 2 is 1.81 bits per heavy atom. The molecule has 0 radical (unpaired) electrons. The molecule has 1 heterocycles. The molecule has 1 N–H and O–H groups in total. The first-order valence-corrected chi connectivity index (χ1v) is 11.6. The number of aromatic nitrogens is 1. The highest BCUT2D eigenvalue weighted by Crippen LogP contribution is 2.31. The lowest BCUT2D eigenvalue weighted by molar-refractivity contribution is -0.115. The number of anilines is 1. The van der Waals surface area contributed by atoms with Crippen LogP contribution in [0.5, 0.6) is 11.5 Å². The zero-order valence-electron chi connectivity index (χ0n) is 18.7. The van der Waals surface area contributed by atoms with E-state index in [1.807, 2.05) is 13.8 Å². The van der Waals surface area contributed by atoms with Crippen LogP contribution in [0.1, 0.15) is 23.2 Å². The van der Waals surface area contributed by atoms with Gasteiger partial charge in [0.1, 0.15) is 11.5 Å². The van der Waals surface area contributed by atoms with Crippen LogP contribution in [0, 0.1) is 20.8 Å². The summed E-state index contributed by atoms with van der Waals surface area (Å²) in [6.07, 6.45) is -0.207. The number of methoxy groups -OCH3 is 2. The molecule has 8 nitrogen and oxygen atoms in total. The van der Waals surface area contributed by atoms with Crippen molar-refractivity contribution in [2.45, 2.75) is 32.1 Å². The third-order valence-electron chi connectivity index (χ3n) is 5.22. The zero-order valence-corrected chi connectivity index (χ0v) is 19.5. The van der Waals surface area contributed by atoms with Crippen LogP contribution in [0.3, 0.4) is 0 Å². The Morgan fingerprint density at radius 1 is 1.06 bits per heavy atom. The van der Waals surface area contributed by atoms with E-state index in [1.165, 1.54) is 14.2 Å². The molecule has 0 bridgehead atoms. The van der Waals surface area contributed by atoms with Gasteiger partial charge in [-0.15, -0.1) is 0 Å². The summed E-state index contributed by atoms with van der Waals surface area (Å²) < 4.78 is 41.8. The highest BCUT2D eigenvalue weighted by Gasteiger charge is 2.22. The Hall–Kier alpha value is -3.33. The van der Waals surface area contributed by atoms with Gasteiger partial charge in [-0.05, 0) is 44.5 Å². The number of nitrogens with zero attached hydrogens (tertiary/aromatic N) is 1. The minimum atomic E-state index is -3.72. The predicted octanol–water partition coefficient (Wildman–Crippen LogP) is 4.09. The second-order valence-corrected chi connectivity index (χ2v) is 9.46. The molecule has 2 aromatic carbocycles. The summed E-state index contributed by atoms with van der Waals surface area (Å²) in [5.74, 6) is 0.753. The van der Waals surface area contributed by atoms with Crippen molar-refractivity contribution in [3.05, 3.63) is 53.2 Å². The number of hydrogen-bond donors (Lipinski definition) is 1. The Balaban J connectivity index is 1.76. The highest BCUT2D eigenvalue weighted by atomic mass is 32.2. The van der Waals surface area contributed by atoms with Gasteiger partial charge in [0.25, 0.3) is 0 Å². The topological polar surface area (TPSA) is 108 Å². The smallest absolute Gasteiger partial charge is 0.225 e. The van der Waals surface area contributed by atoms with E-state index in [0.29, 0.717) is 34.1 Å². The molecule has 0 aliphatic rings. The molecule has 0 saturated heterocycles. The molecule has 0 atom stereocenters. The molecule has 0 fully saturated rings. The predicted molar refractivity (Wildman–Crippen MR) is 121 cm³/mol. The van der Waals surface area contributed by atoms with Crippen LogP contribution in [0.25, 0.3) is 11.3 Å². The van der Waals surface area contributed by atoms with E-state index in [2.05, 4.69) is 10.5 Å². The monoisotopic (exact) mass is 458 g/mol. The van der Waals surface area contributed by atoms with Crippen molar-refractivity contribution in [3.63, 3.8) is 0 Å². The van der Waals surface area contributed by atoms with Crippen molar-refractivity contribution in [3.8, 4) is 22.8 Å². The molecular weight excluding hydrogens is 432 g/mol. The quantitative estimate of drug-likeness (QED) is 0.542. The summed E-state index contributed by atoms with van der Waals surface area (Å²) >= 11 is 0. The van der Waals surface area contributed by atoms with Gasteiger partial charge in [0.2, 0.25) is 5.91 Å². The maximum atomic E-state index is 13.0. The van der Waals surface area contributed by atoms with E-state index in [1.54, 1.807) is 43.3 Å². The van der Waals surface area contributed by atoms with Crippen LogP contribution in [-0.2, 0) is 14.6 Å². The lowest BCUT2D eigenvalue weighted by Crippen LogP contribution is -2.18. The SMILES string of the molecule is COc1ccc(NC(=O)CCS(=O)(=O)c2cc(-c3onc(C)c3C)ccc2C)c(OC)c1. The number of sulfone groups is 1. The maximum absolute atomic E-state index is 13.0. The Morgan fingerprint density at radius 3 is 2.44 bits per heavy atom. The Kier molecular flexibility index (Phi) is 6.88. The van der Waals surface area contributed by atoms with E-state index < -0.39 is 15.7 Å². The number of benzene rings is 2. The fourth-order valence-corrected chi connectivity index (χ4v) is 4.75. The third kappa shape index (κ3) is 4.94. The summed E-state index contributed by atoms with van der Waals surface area (Å²) in [6.45, 7) is 5.41. The Labute approximate surface area is 187 Å². The molecule has 32 heavy (non-hydrogen) atoms. The first kappa shape index (κ1) is 23.3. The number of aryl methyl sites for hydroxylation is 2. The van der Waals surface area contributed by atoms with Gasteiger partial charge in [-0.2, -0.15) is 0 Å². The molecule has 0 aliphatic carbocycles. The highest BCUT2D eigenvalue weighted by molar-refractivity contribution is 7.91. The van der Waals surface area contributed by atoms with Gasteiger partial charge in [-0.25, -0.2) is 8.42 Å². The molecular formula is C23H26N2O6S. The molecule has 0 unspecified atom stereocenters. The first-order chi connectivity index (χ1) is 15.2. The van der Waals surface area contributed by atoms with Gasteiger partial charge in [-0.3, -0.25) is 4.79 Å². The van der Waals surface area contributed by atoms with Crippen molar-refractivity contribution >= 4 is 21.4 Å². The second kappa shape index (κ2) is 9.44. The average molecular weight is 459 g/mol. The summed E-state index contributed by atoms with van der Waals surface area (Å²) in [6, 6.07) is 10.0. The van der Waals surface area contributed by atoms with E-state index in [9.17, 15) is 13.2 Å². The molecule has 3 rings (SSSR count). The first-order valence-electron chi connectivity index (χ1n) is 9.94. The van der Waals surface area contributed by atoms with Gasteiger partial charge in [-0.1, -0.05) is 17.3 Å².